The van der Waals surface area contributed by atoms with Gasteiger partial charge in [0, 0.05) is 50.2 Å². The molecule has 1 saturated heterocycles. The lowest BCUT2D eigenvalue weighted by Gasteiger charge is -2.28. The fourth-order valence-corrected chi connectivity index (χ4v) is 8.68. The Morgan fingerprint density at radius 2 is 1.57 bits per heavy atom. The van der Waals surface area contributed by atoms with Crippen LogP contribution in [0.15, 0.2) is 42.9 Å². The third kappa shape index (κ3) is 22.0. The molecule has 2 heterocycles. The fraction of sp³-hybridized carbons (Fsp3) is 0.644. The van der Waals surface area contributed by atoms with Crippen LogP contribution < -0.4 is 38.1 Å². The van der Waals surface area contributed by atoms with Crippen molar-refractivity contribution in [2.75, 3.05) is 58.0 Å². The Balaban J connectivity index is 1.70. The monoisotopic (exact) mass is 1020 g/mol. The van der Waals surface area contributed by atoms with Gasteiger partial charge in [0.25, 0.3) is 0 Å². The van der Waals surface area contributed by atoms with Gasteiger partial charge in [-0.2, -0.15) is 12.6 Å². The zero-order chi connectivity index (χ0) is 51.8. The number of aromatic amines is 1. The summed E-state index contributed by atoms with van der Waals surface area (Å²) in [4.78, 5) is 120. The average Bonchev–Trinajstić information content (AvgIpc) is 3.99. The van der Waals surface area contributed by atoms with E-state index >= 15 is 0 Å². The van der Waals surface area contributed by atoms with Crippen molar-refractivity contribution in [1.82, 2.24) is 41.5 Å². The molecule has 392 valence electrons. The molecule has 0 spiro atoms. The lowest BCUT2D eigenvalue weighted by Crippen LogP contribution is -2.59. The standard InChI is InChI=1S/C45H73N10O13PS/c1-28(2)20-35(44(61)52-36(21-32-23-48-27-50-32)43(60)51-30(4)41(58)54-39(40(47)57)29(3)25-69(63,64)65)53-45(62)37-22-33(68-15-9-8-12-31-10-6-5-7-11-31)24-55(37)38(56)13-16-66-18-19-67-17-14-49-42(59)34(46)26-70/h5-7,10-11,23,27-30,33-37,39,70H,8-9,12-22,24-26,46H2,1-4H3,(H2,47,57)(H,48,50)(H,49,59)(H,51,60)(H,52,61)(H,53,62)(H,54,58)(H2,63,64,65)/t29-,30-,33+,34-,35-,36-,37?,39-/m0/s1. The molecule has 0 aliphatic carbocycles. The molecule has 8 atom stereocenters. The van der Waals surface area contributed by atoms with E-state index in [9.17, 15) is 47.9 Å². The lowest BCUT2D eigenvalue weighted by molar-refractivity contribution is -0.140. The number of nitrogens with two attached hydrogens (primary N) is 2. The molecule has 0 saturated carbocycles. The predicted octanol–water partition coefficient (Wildman–Crippen LogP) is -0.938. The highest BCUT2D eigenvalue weighted by Crippen LogP contribution is 2.37. The molecular formula is C45H73N10O13PS. The zero-order valence-electron chi connectivity index (χ0n) is 40.4. The molecule has 7 amide bonds. The van der Waals surface area contributed by atoms with Crippen LogP contribution in [0.4, 0.5) is 0 Å². The first-order valence-corrected chi connectivity index (χ1v) is 25.9. The molecule has 3 rings (SSSR count). The molecular weight excluding hydrogens is 952 g/mol. The number of amides is 7. The van der Waals surface area contributed by atoms with Gasteiger partial charge in [-0.3, -0.25) is 38.1 Å². The number of unbranched alkanes of at least 4 members (excludes halogenated alkanes) is 1. The number of hydrogen-bond acceptors (Lipinski definition) is 14. The maximum atomic E-state index is 14.3. The van der Waals surface area contributed by atoms with Crippen molar-refractivity contribution in [3.63, 3.8) is 0 Å². The van der Waals surface area contributed by atoms with E-state index in [0.29, 0.717) is 12.3 Å². The summed E-state index contributed by atoms with van der Waals surface area (Å²) in [5.74, 6) is -5.74. The minimum absolute atomic E-state index is 0.0332. The number of ether oxygens (including phenoxy) is 3. The highest BCUT2D eigenvalue weighted by molar-refractivity contribution is 7.80. The van der Waals surface area contributed by atoms with Crippen LogP contribution in [0.5, 0.6) is 0 Å². The first-order valence-electron chi connectivity index (χ1n) is 23.5. The van der Waals surface area contributed by atoms with Crippen LogP contribution in [-0.4, -0.2) is 166 Å². The summed E-state index contributed by atoms with van der Waals surface area (Å²) in [6, 6.07) is 3.03. The van der Waals surface area contributed by atoms with E-state index in [1.807, 2.05) is 32.0 Å². The minimum atomic E-state index is -4.58. The number of carbonyl (C=O) groups is 7. The number of nitrogens with one attached hydrogen (secondary N) is 6. The molecule has 70 heavy (non-hydrogen) atoms. The van der Waals surface area contributed by atoms with Crippen molar-refractivity contribution in [3.8, 4) is 0 Å². The van der Waals surface area contributed by atoms with Crippen LogP contribution in [0.2, 0.25) is 0 Å². The second-order valence-electron chi connectivity index (χ2n) is 17.8. The van der Waals surface area contributed by atoms with E-state index in [1.54, 1.807) is 0 Å². The number of primary amides is 1. The fourth-order valence-electron chi connectivity index (χ4n) is 7.55. The second kappa shape index (κ2) is 30.7. The molecule has 1 fully saturated rings. The Hall–Kier alpha value is -4.94. The Morgan fingerprint density at radius 3 is 2.20 bits per heavy atom. The number of rotatable bonds is 33. The van der Waals surface area contributed by atoms with Gasteiger partial charge in [0.1, 0.15) is 30.2 Å². The van der Waals surface area contributed by atoms with Crippen molar-refractivity contribution in [2.45, 2.75) is 115 Å². The smallest absolute Gasteiger partial charge is 0.325 e. The number of aryl methyl sites for hydroxylation is 1. The summed E-state index contributed by atoms with van der Waals surface area (Å²) in [5, 5.41) is 13.0. The molecule has 25 heteroatoms. The summed E-state index contributed by atoms with van der Waals surface area (Å²) in [6.45, 7) is 7.75. The molecule has 1 aliphatic heterocycles. The van der Waals surface area contributed by atoms with Crippen molar-refractivity contribution in [3.05, 3.63) is 54.1 Å². The minimum Gasteiger partial charge on any atom is -0.379 e. The van der Waals surface area contributed by atoms with Crippen LogP contribution in [0.3, 0.4) is 0 Å². The summed E-state index contributed by atoms with van der Waals surface area (Å²) in [5.41, 5.74) is 12.7. The summed E-state index contributed by atoms with van der Waals surface area (Å²) < 4.78 is 28.9. The van der Waals surface area contributed by atoms with Crippen molar-refractivity contribution in [1.29, 1.82) is 0 Å². The van der Waals surface area contributed by atoms with E-state index in [2.05, 4.69) is 61.3 Å². The number of likely N-dealkylation sites (tertiary alicyclic amines) is 1. The number of carbonyl (C=O) groups excluding carboxylic acids is 7. The van der Waals surface area contributed by atoms with Gasteiger partial charge in [-0.1, -0.05) is 51.1 Å². The van der Waals surface area contributed by atoms with Crippen LogP contribution in [-0.2, 0) is 65.2 Å². The number of benzene rings is 1. The van der Waals surface area contributed by atoms with Crippen molar-refractivity contribution in [2.24, 2.45) is 23.3 Å². The van der Waals surface area contributed by atoms with Gasteiger partial charge < -0.3 is 71.9 Å². The molecule has 1 unspecified atom stereocenters. The number of thiol groups is 1. The molecule has 0 radical (unpaired) electrons. The topological polar surface area (TPSA) is 349 Å². The lowest BCUT2D eigenvalue weighted by atomic mass is 10.0. The molecule has 1 aromatic carbocycles. The van der Waals surface area contributed by atoms with Gasteiger partial charge in [0.2, 0.25) is 41.4 Å². The quantitative estimate of drug-likeness (QED) is 0.0234. The van der Waals surface area contributed by atoms with E-state index in [1.165, 1.54) is 36.8 Å². The molecule has 23 nitrogen and oxygen atoms in total. The average molecular weight is 1030 g/mol. The number of aromatic nitrogens is 2. The largest absolute Gasteiger partial charge is 0.379 e. The highest BCUT2D eigenvalue weighted by Gasteiger charge is 2.41. The summed E-state index contributed by atoms with van der Waals surface area (Å²) >= 11 is 4.00. The maximum absolute atomic E-state index is 14.3. The molecule has 2 aromatic rings. The zero-order valence-corrected chi connectivity index (χ0v) is 42.2. The molecule has 1 aromatic heterocycles. The predicted molar refractivity (Wildman–Crippen MR) is 261 cm³/mol. The van der Waals surface area contributed by atoms with Gasteiger partial charge in [0.05, 0.1) is 57.5 Å². The normalized spacial score (nSPS) is 17.4. The van der Waals surface area contributed by atoms with Crippen molar-refractivity contribution >= 4 is 61.6 Å². The number of H-pyrrole nitrogens is 1. The van der Waals surface area contributed by atoms with Gasteiger partial charge in [-0.25, -0.2) is 4.98 Å². The first kappa shape index (κ1) is 59.4. The number of hydrogen-bond donors (Lipinski definition) is 11. The van der Waals surface area contributed by atoms with Crippen molar-refractivity contribution < 1.29 is 62.1 Å². The van der Waals surface area contributed by atoms with E-state index in [-0.39, 0.29) is 88.7 Å². The van der Waals surface area contributed by atoms with Crippen LogP contribution in [0, 0.1) is 11.8 Å². The van der Waals surface area contributed by atoms with E-state index in [4.69, 9.17) is 25.7 Å². The SMILES string of the molecule is CC(C)C[C@H](NC(=O)C1C[C@@H](OCCCCc2ccccc2)CN1C(=O)CCOCCOCCNC(=O)[C@@H](N)CS)C(=O)N[C@@H](Cc1cnc[nH]1)C(=O)N[C@@H](C)C(=O)N[C@H](C(N)=O)[C@@H](C)CP(=O)(O)O. The third-order valence-corrected chi connectivity index (χ3v) is 12.7. The van der Waals surface area contributed by atoms with E-state index < -0.39 is 91.6 Å². The maximum Gasteiger partial charge on any atom is 0.325 e. The summed E-state index contributed by atoms with van der Waals surface area (Å²) in [6.07, 6.45) is 4.23. The highest BCUT2D eigenvalue weighted by atomic mass is 32.1. The Bertz CT molecular complexity index is 2020. The number of nitrogens with zero attached hydrogens (tertiary/aromatic N) is 2. The second-order valence-corrected chi connectivity index (χ2v) is 19.8. The van der Waals surface area contributed by atoms with Gasteiger partial charge in [-0.15, -0.1) is 0 Å². The van der Waals surface area contributed by atoms with E-state index in [0.717, 1.165) is 19.3 Å². The van der Waals surface area contributed by atoms with Gasteiger partial charge in [0.15, 0.2) is 0 Å². The van der Waals surface area contributed by atoms with Crippen LogP contribution in [0.1, 0.15) is 71.1 Å². The summed E-state index contributed by atoms with van der Waals surface area (Å²) in [7, 11) is -4.58. The van der Waals surface area contributed by atoms with Gasteiger partial charge >= 0.3 is 7.60 Å². The number of imidazole rings is 1. The molecule has 1 aliphatic rings. The Labute approximate surface area is 414 Å². The van der Waals surface area contributed by atoms with Gasteiger partial charge in [-0.05, 0) is 50.0 Å². The third-order valence-electron chi connectivity index (χ3n) is 11.3. The Kier molecular flexibility index (Phi) is 26.1. The Morgan fingerprint density at radius 1 is 0.886 bits per heavy atom. The van der Waals surface area contributed by atoms with Crippen LogP contribution >= 0.6 is 20.2 Å². The molecule has 0 bridgehead atoms. The first-order chi connectivity index (χ1) is 33.2. The van der Waals surface area contributed by atoms with Crippen LogP contribution in [0.25, 0.3) is 0 Å². The molecule has 12 N–H and O–H groups in total.